The van der Waals surface area contributed by atoms with Crippen molar-refractivity contribution in [2.45, 2.75) is 11.4 Å². The van der Waals surface area contributed by atoms with Crippen LogP contribution in [0.4, 0.5) is 5.69 Å². The van der Waals surface area contributed by atoms with E-state index in [0.717, 1.165) is 11.0 Å². The number of carbonyl (C=O) groups excluding carboxylic acids is 1. The van der Waals surface area contributed by atoms with Crippen LogP contribution in [-0.4, -0.2) is 24.3 Å². The molecule has 3 N–H and O–H groups in total. The number of benzene rings is 3. The lowest BCUT2D eigenvalue weighted by Crippen LogP contribution is -2.23. The summed E-state index contributed by atoms with van der Waals surface area (Å²) in [6, 6.07) is 22.0. The van der Waals surface area contributed by atoms with Crippen molar-refractivity contribution in [2.75, 3.05) is 4.72 Å². The van der Waals surface area contributed by atoms with Crippen molar-refractivity contribution in [2.24, 2.45) is 0 Å². The molecule has 1 amide bonds. The van der Waals surface area contributed by atoms with Crippen molar-refractivity contribution in [1.82, 2.24) is 15.3 Å². The lowest BCUT2D eigenvalue weighted by molar-refractivity contribution is 0.0950. The summed E-state index contributed by atoms with van der Waals surface area (Å²) in [5.74, 6) is 0.312. The molecule has 146 valence electrons. The molecule has 0 atom stereocenters. The molecular weight excluding hydrogens is 388 g/mol. The van der Waals surface area contributed by atoms with Gasteiger partial charge in [-0.3, -0.25) is 9.52 Å². The van der Waals surface area contributed by atoms with Crippen LogP contribution < -0.4 is 10.0 Å². The number of aromatic nitrogens is 2. The Morgan fingerprint density at radius 1 is 0.931 bits per heavy atom. The van der Waals surface area contributed by atoms with Gasteiger partial charge in [-0.15, -0.1) is 0 Å². The smallest absolute Gasteiger partial charge is 0.261 e. The molecule has 7 nitrogen and oxygen atoms in total. The average molecular weight is 406 g/mol. The van der Waals surface area contributed by atoms with Gasteiger partial charge in [0.15, 0.2) is 0 Å². The van der Waals surface area contributed by atoms with Crippen LogP contribution in [0.25, 0.3) is 11.0 Å². The molecule has 1 aromatic heterocycles. The molecule has 0 saturated heterocycles. The second-order valence-electron chi connectivity index (χ2n) is 6.38. The number of fused-ring (bicyclic) bond motifs is 1. The number of rotatable bonds is 6. The first-order valence-electron chi connectivity index (χ1n) is 8.91. The highest BCUT2D eigenvalue weighted by molar-refractivity contribution is 7.92. The van der Waals surface area contributed by atoms with E-state index in [2.05, 4.69) is 20.0 Å². The Morgan fingerprint density at radius 3 is 2.48 bits per heavy atom. The number of imidazole rings is 1. The van der Waals surface area contributed by atoms with Gasteiger partial charge >= 0.3 is 0 Å². The lowest BCUT2D eigenvalue weighted by atomic mass is 10.2. The van der Waals surface area contributed by atoms with Crippen LogP contribution in [0, 0.1) is 0 Å². The van der Waals surface area contributed by atoms with Crippen LogP contribution in [0.3, 0.4) is 0 Å². The third-order valence-corrected chi connectivity index (χ3v) is 5.68. The first-order chi connectivity index (χ1) is 14.0. The van der Waals surface area contributed by atoms with Gasteiger partial charge in [-0.2, -0.15) is 0 Å². The fourth-order valence-electron chi connectivity index (χ4n) is 2.89. The van der Waals surface area contributed by atoms with Crippen LogP contribution >= 0.6 is 0 Å². The number of amides is 1. The van der Waals surface area contributed by atoms with E-state index in [1.807, 2.05) is 24.3 Å². The van der Waals surface area contributed by atoms with Crippen LogP contribution in [-0.2, 0) is 16.6 Å². The fraction of sp³-hybridized carbons (Fsp3) is 0.0476. The number of aromatic amines is 1. The van der Waals surface area contributed by atoms with Gasteiger partial charge in [0.1, 0.15) is 5.82 Å². The summed E-state index contributed by atoms with van der Waals surface area (Å²) >= 11 is 0. The Labute approximate surface area is 167 Å². The summed E-state index contributed by atoms with van der Waals surface area (Å²) < 4.78 is 27.4. The van der Waals surface area contributed by atoms with E-state index in [4.69, 9.17) is 0 Å². The molecule has 29 heavy (non-hydrogen) atoms. The van der Waals surface area contributed by atoms with Gasteiger partial charge in [0.25, 0.3) is 15.9 Å². The maximum Gasteiger partial charge on any atom is 0.261 e. The van der Waals surface area contributed by atoms with Gasteiger partial charge in [-0.1, -0.05) is 36.4 Å². The molecule has 0 unspecified atom stereocenters. The van der Waals surface area contributed by atoms with E-state index in [1.165, 1.54) is 18.2 Å². The number of nitrogens with one attached hydrogen (secondary N) is 3. The zero-order valence-electron chi connectivity index (χ0n) is 15.3. The lowest BCUT2D eigenvalue weighted by Gasteiger charge is -2.09. The van der Waals surface area contributed by atoms with Crippen molar-refractivity contribution < 1.29 is 13.2 Å². The third-order valence-electron chi connectivity index (χ3n) is 4.29. The molecule has 4 aromatic rings. The third kappa shape index (κ3) is 4.27. The van der Waals surface area contributed by atoms with E-state index in [1.54, 1.807) is 36.4 Å². The summed E-state index contributed by atoms with van der Waals surface area (Å²) in [6.07, 6.45) is 0. The minimum Gasteiger partial charge on any atom is -0.345 e. The number of sulfonamides is 1. The van der Waals surface area contributed by atoms with E-state index in [-0.39, 0.29) is 17.3 Å². The molecule has 0 spiro atoms. The number of para-hydroxylation sites is 2. The standard InChI is InChI=1S/C21H18N4O3S/c26-21(22-14-20-23-18-11-4-5-12-19(18)24-20)15-7-6-8-16(13-15)25-29(27,28)17-9-2-1-3-10-17/h1-13,25H,14H2,(H,22,26)(H,23,24). The van der Waals surface area contributed by atoms with Crippen molar-refractivity contribution in [3.63, 3.8) is 0 Å². The maximum absolute atomic E-state index is 12.5. The van der Waals surface area contributed by atoms with Crippen LogP contribution in [0.1, 0.15) is 16.2 Å². The molecule has 0 bridgehead atoms. The van der Waals surface area contributed by atoms with Gasteiger partial charge < -0.3 is 10.3 Å². The molecule has 0 aliphatic heterocycles. The highest BCUT2D eigenvalue weighted by atomic mass is 32.2. The predicted octanol–water partition coefficient (Wildman–Crippen LogP) is 3.29. The van der Waals surface area contributed by atoms with Crippen LogP contribution in [0.15, 0.2) is 83.8 Å². The molecule has 1 heterocycles. The number of hydrogen-bond acceptors (Lipinski definition) is 4. The van der Waals surface area contributed by atoms with Crippen molar-refractivity contribution in [3.8, 4) is 0 Å². The van der Waals surface area contributed by atoms with Crippen molar-refractivity contribution in [1.29, 1.82) is 0 Å². The number of nitrogens with zero attached hydrogens (tertiary/aromatic N) is 1. The van der Waals surface area contributed by atoms with Crippen LogP contribution in [0.2, 0.25) is 0 Å². The molecule has 0 aliphatic rings. The minimum atomic E-state index is -3.72. The predicted molar refractivity (Wildman–Crippen MR) is 111 cm³/mol. The first kappa shape index (κ1) is 18.7. The summed E-state index contributed by atoms with van der Waals surface area (Å²) in [7, 11) is -3.72. The van der Waals surface area contributed by atoms with Gasteiger partial charge in [-0.05, 0) is 42.5 Å². The zero-order chi connectivity index (χ0) is 20.3. The maximum atomic E-state index is 12.5. The van der Waals surface area contributed by atoms with Crippen LogP contribution in [0.5, 0.6) is 0 Å². The Kier molecular flexibility index (Phi) is 5.01. The fourth-order valence-corrected chi connectivity index (χ4v) is 3.96. The SMILES string of the molecule is O=C(NCc1nc2ccccc2[nH]1)c1cccc(NS(=O)(=O)c2ccccc2)c1. The molecule has 0 radical (unpaired) electrons. The molecule has 0 fully saturated rings. The van der Waals surface area contributed by atoms with Gasteiger partial charge in [0, 0.05) is 11.3 Å². The van der Waals surface area contributed by atoms with Crippen molar-refractivity contribution >= 4 is 32.7 Å². The zero-order valence-corrected chi connectivity index (χ0v) is 16.1. The molecular formula is C21H18N4O3S. The van der Waals surface area contributed by atoms with E-state index < -0.39 is 10.0 Å². The molecule has 0 saturated carbocycles. The molecule has 0 aliphatic carbocycles. The second-order valence-corrected chi connectivity index (χ2v) is 8.07. The topological polar surface area (TPSA) is 104 Å². The summed E-state index contributed by atoms with van der Waals surface area (Å²) in [5, 5.41) is 2.79. The monoisotopic (exact) mass is 406 g/mol. The number of H-pyrrole nitrogens is 1. The first-order valence-corrected chi connectivity index (χ1v) is 10.4. The van der Waals surface area contributed by atoms with Crippen molar-refractivity contribution in [3.05, 3.63) is 90.3 Å². The Balaban J connectivity index is 1.45. The highest BCUT2D eigenvalue weighted by Crippen LogP contribution is 2.17. The molecule has 4 rings (SSSR count). The number of anilines is 1. The summed E-state index contributed by atoms with van der Waals surface area (Å²) in [5.41, 5.74) is 2.38. The van der Waals surface area contributed by atoms with E-state index in [0.29, 0.717) is 17.1 Å². The molecule has 3 aromatic carbocycles. The Bertz CT molecular complexity index is 1230. The molecule has 8 heteroatoms. The Morgan fingerprint density at radius 2 is 1.69 bits per heavy atom. The van der Waals surface area contributed by atoms with E-state index >= 15 is 0 Å². The highest BCUT2D eigenvalue weighted by Gasteiger charge is 2.15. The summed E-state index contributed by atoms with van der Waals surface area (Å²) in [6.45, 7) is 0.230. The largest absolute Gasteiger partial charge is 0.345 e. The minimum absolute atomic E-state index is 0.153. The van der Waals surface area contributed by atoms with E-state index in [9.17, 15) is 13.2 Å². The van der Waals surface area contributed by atoms with Gasteiger partial charge in [0.2, 0.25) is 0 Å². The number of hydrogen-bond donors (Lipinski definition) is 3. The Hall–Kier alpha value is -3.65. The average Bonchev–Trinajstić information content (AvgIpc) is 3.15. The second kappa shape index (κ2) is 7.76. The normalized spacial score (nSPS) is 11.3. The summed E-state index contributed by atoms with van der Waals surface area (Å²) in [4.78, 5) is 20.2. The number of carbonyl (C=O) groups is 1. The van der Waals surface area contributed by atoms with Gasteiger partial charge in [0.05, 0.1) is 22.5 Å². The van der Waals surface area contributed by atoms with Gasteiger partial charge in [-0.25, -0.2) is 13.4 Å². The quantitative estimate of drug-likeness (QED) is 0.457.